The lowest BCUT2D eigenvalue weighted by Gasteiger charge is -2.36. The van der Waals surface area contributed by atoms with E-state index < -0.39 is 15.4 Å². The molecule has 2 aromatic rings. The Labute approximate surface area is 174 Å². The Bertz CT molecular complexity index is 1060. The third-order valence-corrected chi connectivity index (χ3v) is 9.36. The number of halogens is 1. The lowest BCUT2D eigenvalue weighted by Crippen LogP contribution is -2.45. The van der Waals surface area contributed by atoms with Crippen LogP contribution in [0.3, 0.4) is 0 Å². The molecule has 0 spiro atoms. The fraction of sp³-hybridized carbons (Fsp3) is 0.571. The van der Waals surface area contributed by atoms with Crippen LogP contribution in [0.1, 0.15) is 44.4 Å². The van der Waals surface area contributed by atoms with Crippen molar-refractivity contribution in [2.45, 2.75) is 46.5 Å². The molecule has 1 aromatic heterocycles. The van der Waals surface area contributed by atoms with Gasteiger partial charge in [0, 0.05) is 39.5 Å². The molecule has 0 saturated heterocycles. The van der Waals surface area contributed by atoms with E-state index in [0.717, 1.165) is 33.1 Å². The van der Waals surface area contributed by atoms with Gasteiger partial charge in [0.2, 0.25) is 10.0 Å². The van der Waals surface area contributed by atoms with E-state index in [1.807, 2.05) is 19.1 Å². The number of fused-ring (bicyclic) bond motifs is 3. The molecule has 28 heavy (non-hydrogen) atoms. The van der Waals surface area contributed by atoms with Crippen LogP contribution in [0.15, 0.2) is 22.7 Å². The molecule has 0 radical (unpaired) electrons. The molecule has 2 aliphatic carbocycles. The molecular formula is C21H27BrN2O3S. The van der Waals surface area contributed by atoms with Gasteiger partial charge in [-0.05, 0) is 61.3 Å². The minimum atomic E-state index is -3.53. The van der Waals surface area contributed by atoms with E-state index in [0.29, 0.717) is 31.7 Å². The summed E-state index contributed by atoms with van der Waals surface area (Å²) in [6.45, 7) is 6.47. The Hall–Kier alpha value is -1.18. The van der Waals surface area contributed by atoms with E-state index in [9.17, 15) is 13.2 Å². The van der Waals surface area contributed by atoms with Crippen molar-refractivity contribution in [1.29, 1.82) is 0 Å². The molecule has 152 valence electrons. The number of hydrogen-bond donors (Lipinski definition) is 2. The van der Waals surface area contributed by atoms with Crippen molar-refractivity contribution in [3.8, 4) is 0 Å². The van der Waals surface area contributed by atoms with Crippen LogP contribution in [0.25, 0.3) is 10.9 Å². The van der Waals surface area contributed by atoms with Gasteiger partial charge in [0.1, 0.15) is 5.78 Å². The molecule has 2 aliphatic rings. The number of aromatic nitrogens is 1. The van der Waals surface area contributed by atoms with Crippen LogP contribution in [-0.2, 0) is 21.2 Å². The van der Waals surface area contributed by atoms with Gasteiger partial charge >= 0.3 is 0 Å². The number of carbonyl (C=O) groups excluding carboxylic acids is 1. The van der Waals surface area contributed by atoms with Crippen molar-refractivity contribution in [2.75, 3.05) is 12.3 Å². The number of H-pyrrole nitrogens is 1. The lowest BCUT2D eigenvalue weighted by molar-refractivity contribution is -0.128. The summed E-state index contributed by atoms with van der Waals surface area (Å²) in [6.07, 6.45) is 2.79. The van der Waals surface area contributed by atoms with Gasteiger partial charge in [-0.1, -0.05) is 29.8 Å². The highest BCUT2D eigenvalue weighted by Gasteiger charge is 2.65. The van der Waals surface area contributed by atoms with Gasteiger partial charge < -0.3 is 4.98 Å². The molecule has 1 aromatic carbocycles. The zero-order chi connectivity index (χ0) is 20.3. The first-order valence-electron chi connectivity index (χ1n) is 9.83. The zero-order valence-electron chi connectivity index (χ0n) is 16.6. The maximum atomic E-state index is 12.9. The number of nitrogens with one attached hydrogen (secondary N) is 2. The monoisotopic (exact) mass is 466 g/mol. The van der Waals surface area contributed by atoms with E-state index >= 15 is 0 Å². The molecule has 2 N–H and O–H groups in total. The van der Waals surface area contributed by atoms with Gasteiger partial charge in [-0.25, -0.2) is 13.1 Å². The summed E-state index contributed by atoms with van der Waals surface area (Å²) in [4.78, 5) is 16.0. The summed E-state index contributed by atoms with van der Waals surface area (Å²) in [5.74, 6) is 0.375. The minimum Gasteiger partial charge on any atom is -0.358 e. The smallest absolute Gasteiger partial charge is 0.212 e. The van der Waals surface area contributed by atoms with Gasteiger partial charge in [0.15, 0.2) is 0 Å². The van der Waals surface area contributed by atoms with Crippen molar-refractivity contribution in [3.05, 3.63) is 33.9 Å². The number of benzene rings is 1. The maximum absolute atomic E-state index is 12.9. The molecule has 2 saturated carbocycles. The molecule has 4 rings (SSSR count). The van der Waals surface area contributed by atoms with Gasteiger partial charge in [0.25, 0.3) is 0 Å². The summed E-state index contributed by atoms with van der Waals surface area (Å²) in [5.41, 5.74) is 2.27. The summed E-state index contributed by atoms with van der Waals surface area (Å²) in [7, 11) is -3.53. The van der Waals surface area contributed by atoms with Crippen LogP contribution in [0.5, 0.6) is 0 Å². The second-order valence-electron chi connectivity index (χ2n) is 8.99. The average Bonchev–Trinajstić information content (AvgIpc) is 3.09. The molecule has 0 aliphatic heterocycles. The number of sulfonamides is 1. The first-order chi connectivity index (χ1) is 13.1. The van der Waals surface area contributed by atoms with E-state index in [1.165, 1.54) is 0 Å². The Balaban J connectivity index is 1.48. The van der Waals surface area contributed by atoms with Crippen molar-refractivity contribution < 1.29 is 13.2 Å². The van der Waals surface area contributed by atoms with Crippen molar-refractivity contribution in [2.24, 2.45) is 16.7 Å². The molecule has 5 nitrogen and oxygen atoms in total. The quantitative estimate of drug-likeness (QED) is 0.672. The van der Waals surface area contributed by atoms with E-state index in [4.69, 9.17) is 0 Å². The fourth-order valence-electron chi connectivity index (χ4n) is 5.49. The Morgan fingerprint density at radius 2 is 2.07 bits per heavy atom. The summed E-state index contributed by atoms with van der Waals surface area (Å²) in [5, 5.41) is 1.11. The predicted octanol–water partition coefficient (Wildman–Crippen LogP) is 4.10. The minimum absolute atomic E-state index is 0.0826. The standard InChI is InChI=1S/C21H27BrN2O3S/c1-13-16(17-11-15(22)4-5-18(17)24-13)7-9-23-28(26,27)12-21-8-6-14(10-19(21)25)20(21,2)3/h4-5,11,14,23-24H,6-10,12H2,1-3H3/t14?,21-/m1/s1. The van der Waals surface area contributed by atoms with Gasteiger partial charge in [-0.3, -0.25) is 4.79 Å². The maximum Gasteiger partial charge on any atom is 0.212 e. The number of aromatic amines is 1. The van der Waals surface area contributed by atoms with E-state index in [-0.39, 0.29) is 17.0 Å². The van der Waals surface area contributed by atoms with E-state index in [2.05, 4.69) is 45.5 Å². The summed E-state index contributed by atoms with van der Waals surface area (Å²) >= 11 is 3.50. The normalized spacial score (nSPS) is 26.4. The number of Topliss-reactive ketones (excluding diaryl/α,β-unsaturated/α-hetero) is 1. The highest BCUT2D eigenvalue weighted by Crippen LogP contribution is 2.64. The Morgan fingerprint density at radius 3 is 2.71 bits per heavy atom. The van der Waals surface area contributed by atoms with Crippen molar-refractivity contribution >= 4 is 42.6 Å². The number of aryl methyl sites for hydroxylation is 1. The highest BCUT2D eigenvalue weighted by atomic mass is 79.9. The summed E-state index contributed by atoms with van der Waals surface area (Å²) < 4.78 is 29.5. The number of hydrogen-bond acceptors (Lipinski definition) is 3. The third kappa shape index (κ3) is 3.06. The first kappa shape index (κ1) is 20.1. The van der Waals surface area contributed by atoms with Gasteiger partial charge in [-0.2, -0.15) is 0 Å². The second-order valence-corrected chi connectivity index (χ2v) is 11.7. The van der Waals surface area contributed by atoms with Crippen LogP contribution >= 0.6 is 15.9 Å². The highest BCUT2D eigenvalue weighted by molar-refractivity contribution is 9.10. The van der Waals surface area contributed by atoms with Crippen molar-refractivity contribution in [3.63, 3.8) is 0 Å². The van der Waals surface area contributed by atoms with E-state index in [1.54, 1.807) is 0 Å². The first-order valence-corrected chi connectivity index (χ1v) is 12.3. The van der Waals surface area contributed by atoms with Crippen LogP contribution in [0, 0.1) is 23.7 Å². The SMILES string of the molecule is Cc1[nH]c2ccc(Br)cc2c1CCNS(=O)(=O)C[C@]12CCC(CC1=O)C2(C)C. The third-order valence-electron chi connectivity index (χ3n) is 7.35. The molecular weight excluding hydrogens is 440 g/mol. The predicted molar refractivity (Wildman–Crippen MR) is 115 cm³/mol. The summed E-state index contributed by atoms with van der Waals surface area (Å²) in [6, 6.07) is 6.06. The number of carbonyl (C=O) groups is 1. The average molecular weight is 467 g/mol. The molecule has 1 unspecified atom stereocenters. The molecule has 7 heteroatoms. The largest absolute Gasteiger partial charge is 0.358 e. The Morgan fingerprint density at radius 1 is 1.32 bits per heavy atom. The molecule has 0 amide bonds. The number of rotatable bonds is 6. The molecule has 2 bridgehead atoms. The molecule has 1 heterocycles. The fourth-order valence-corrected chi connectivity index (χ4v) is 7.69. The zero-order valence-corrected chi connectivity index (χ0v) is 19.0. The van der Waals surface area contributed by atoms with Crippen LogP contribution in [0.2, 0.25) is 0 Å². The van der Waals surface area contributed by atoms with Gasteiger partial charge in [-0.15, -0.1) is 0 Å². The van der Waals surface area contributed by atoms with Crippen molar-refractivity contribution in [1.82, 2.24) is 9.71 Å². The second kappa shape index (κ2) is 6.67. The molecule has 2 atom stereocenters. The lowest BCUT2D eigenvalue weighted by atomic mass is 9.70. The number of ketones is 1. The van der Waals surface area contributed by atoms with Gasteiger partial charge in [0.05, 0.1) is 5.75 Å². The Kier molecular flexibility index (Phi) is 4.79. The topological polar surface area (TPSA) is 79.0 Å². The van der Waals surface area contributed by atoms with Crippen LogP contribution in [-0.4, -0.2) is 31.5 Å². The van der Waals surface area contributed by atoms with Crippen LogP contribution < -0.4 is 4.72 Å². The molecule has 2 fully saturated rings. The van der Waals surface area contributed by atoms with Crippen LogP contribution in [0.4, 0.5) is 0 Å².